The maximum Gasteiger partial charge on any atom is 0.338 e. The molecule has 1 aliphatic rings. The minimum Gasteiger partial charge on any atom is -0.462 e. The summed E-state index contributed by atoms with van der Waals surface area (Å²) in [6, 6.07) is 8.25. The molecule has 2 rings (SSSR count). The van der Waals surface area contributed by atoms with Gasteiger partial charge in [0.2, 0.25) is 0 Å². The second-order valence-electron chi connectivity index (χ2n) is 5.04. The molecule has 0 radical (unpaired) electrons. The van der Waals surface area contributed by atoms with Crippen molar-refractivity contribution < 1.29 is 9.53 Å². The molecule has 1 aliphatic heterocycles. The summed E-state index contributed by atoms with van der Waals surface area (Å²) in [6.45, 7) is 7.59. The van der Waals surface area contributed by atoms with Crippen LogP contribution in [0.5, 0.6) is 0 Å². The van der Waals surface area contributed by atoms with E-state index in [-0.39, 0.29) is 5.97 Å². The van der Waals surface area contributed by atoms with E-state index in [0.29, 0.717) is 18.2 Å². The lowest BCUT2D eigenvalue weighted by Gasteiger charge is -2.39. The summed E-state index contributed by atoms with van der Waals surface area (Å²) in [4.78, 5) is 16.3. The molecule has 0 saturated carbocycles. The molecule has 0 amide bonds. The molecule has 1 heterocycles. The van der Waals surface area contributed by atoms with Gasteiger partial charge in [0.15, 0.2) is 0 Å². The Morgan fingerprint density at radius 1 is 1.32 bits per heavy atom. The van der Waals surface area contributed by atoms with Crippen molar-refractivity contribution in [1.29, 1.82) is 0 Å². The van der Waals surface area contributed by atoms with E-state index in [1.165, 1.54) is 5.69 Å². The first-order valence-corrected chi connectivity index (χ1v) is 6.84. The standard InChI is InChI=1S/C15H22N2O2/c1-4-19-15(18)13-5-7-14(8-6-13)17-10-9-16(3)12(2)11-17/h5-8,12H,4,9-11H2,1-3H3. The van der Waals surface area contributed by atoms with Crippen molar-refractivity contribution in [1.82, 2.24) is 4.90 Å². The summed E-state index contributed by atoms with van der Waals surface area (Å²) < 4.78 is 4.99. The van der Waals surface area contributed by atoms with E-state index >= 15 is 0 Å². The van der Waals surface area contributed by atoms with E-state index in [4.69, 9.17) is 4.74 Å². The van der Waals surface area contributed by atoms with E-state index in [0.717, 1.165) is 19.6 Å². The van der Waals surface area contributed by atoms with Crippen LogP contribution < -0.4 is 4.90 Å². The fourth-order valence-electron chi connectivity index (χ4n) is 2.31. The lowest BCUT2D eigenvalue weighted by molar-refractivity contribution is 0.0526. The molecule has 0 aliphatic carbocycles. The average Bonchev–Trinajstić information content (AvgIpc) is 2.42. The molecule has 4 heteroatoms. The van der Waals surface area contributed by atoms with E-state index in [1.54, 1.807) is 0 Å². The summed E-state index contributed by atoms with van der Waals surface area (Å²) in [6.07, 6.45) is 0. The second-order valence-corrected chi connectivity index (χ2v) is 5.04. The SMILES string of the molecule is CCOC(=O)c1ccc(N2CCN(C)C(C)C2)cc1. The third-order valence-corrected chi connectivity index (χ3v) is 3.70. The largest absolute Gasteiger partial charge is 0.462 e. The zero-order valence-corrected chi connectivity index (χ0v) is 11.9. The average molecular weight is 262 g/mol. The number of hydrogen-bond acceptors (Lipinski definition) is 4. The monoisotopic (exact) mass is 262 g/mol. The molecule has 1 unspecified atom stereocenters. The summed E-state index contributed by atoms with van der Waals surface area (Å²) >= 11 is 0. The summed E-state index contributed by atoms with van der Waals surface area (Å²) in [5, 5.41) is 0. The Hall–Kier alpha value is -1.55. The predicted molar refractivity (Wildman–Crippen MR) is 76.7 cm³/mol. The first-order chi connectivity index (χ1) is 9.11. The van der Waals surface area contributed by atoms with Crippen LogP contribution in [0.25, 0.3) is 0 Å². The summed E-state index contributed by atoms with van der Waals surface area (Å²) in [5.41, 5.74) is 1.79. The summed E-state index contributed by atoms with van der Waals surface area (Å²) in [7, 11) is 2.16. The van der Waals surface area contributed by atoms with Crippen molar-refractivity contribution in [3.8, 4) is 0 Å². The number of ether oxygens (including phenoxy) is 1. The van der Waals surface area contributed by atoms with Crippen LogP contribution in [0.15, 0.2) is 24.3 Å². The first kappa shape index (κ1) is 13.9. The van der Waals surface area contributed by atoms with Crippen LogP contribution in [0, 0.1) is 0 Å². The normalized spacial score (nSPS) is 20.4. The second kappa shape index (κ2) is 6.06. The zero-order chi connectivity index (χ0) is 13.8. The van der Waals surface area contributed by atoms with Gasteiger partial charge >= 0.3 is 5.97 Å². The van der Waals surface area contributed by atoms with Gasteiger partial charge in [-0.05, 0) is 45.2 Å². The van der Waals surface area contributed by atoms with Gasteiger partial charge in [-0.1, -0.05) is 0 Å². The number of esters is 1. The fourth-order valence-corrected chi connectivity index (χ4v) is 2.31. The quantitative estimate of drug-likeness (QED) is 0.780. The number of anilines is 1. The van der Waals surface area contributed by atoms with Crippen LogP contribution in [0.2, 0.25) is 0 Å². The molecule has 0 bridgehead atoms. The Kier molecular flexibility index (Phi) is 4.43. The number of carbonyl (C=O) groups excluding carboxylic acids is 1. The molecule has 19 heavy (non-hydrogen) atoms. The van der Waals surface area contributed by atoms with Gasteiger partial charge < -0.3 is 14.5 Å². The highest BCUT2D eigenvalue weighted by atomic mass is 16.5. The fraction of sp³-hybridized carbons (Fsp3) is 0.533. The number of hydrogen-bond donors (Lipinski definition) is 0. The van der Waals surface area contributed by atoms with E-state index < -0.39 is 0 Å². The first-order valence-electron chi connectivity index (χ1n) is 6.84. The summed E-state index contributed by atoms with van der Waals surface area (Å²) in [5.74, 6) is -0.249. The molecular formula is C15H22N2O2. The molecule has 1 aromatic rings. The van der Waals surface area contributed by atoms with Crippen LogP contribution in [-0.2, 0) is 4.74 Å². The van der Waals surface area contributed by atoms with Crippen molar-refractivity contribution >= 4 is 11.7 Å². The molecule has 1 saturated heterocycles. The predicted octanol–water partition coefficient (Wildman–Crippen LogP) is 2.00. The number of carbonyl (C=O) groups is 1. The Morgan fingerprint density at radius 3 is 2.58 bits per heavy atom. The molecule has 0 aromatic heterocycles. The van der Waals surface area contributed by atoms with E-state index in [9.17, 15) is 4.79 Å². The van der Waals surface area contributed by atoms with E-state index in [1.807, 2.05) is 31.2 Å². The Labute approximate surface area is 115 Å². The maximum absolute atomic E-state index is 11.6. The van der Waals surface area contributed by atoms with Crippen LogP contribution in [0.4, 0.5) is 5.69 Å². The van der Waals surface area contributed by atoms with Gasteiger partial charge in [-0.3, -0.25) is 0 Å². The molecule has 1 fully saturated rings. The van der Waals surface area contributed by atoms with Gasteiger partial charge in [0, 0.05) is 31.4 Å². The van der Waals surface area contributed by atoms with Gasteiger partial charge in [0.1, 0.15) is 0 Å². The van der Waals surface area contributed by atoms with Crippen LogP contribution in [-0.4, -0.2) is 50.2 Å². The molecular weight excluding hydrogens is 240 g/mol. The highest BCUT2D eigenvalue weighted by Crippen LogP contribution is 2.19. The topological polar surface area (TPSA) is 32.8 Å². The van der Waals surface area contributed by atoms with Crippen molar-refractivity contribution in [3.05, 3.63) is 29.8 Å². The van der Waals surface area contributed by atoms with Crippen LogP contribution in [0.3, 0.4) is 0 Å². The van der Waals surface area contributed by atoms with Gasteiger partial charge in [0.25, 0.3) is 0 Å². The van der Waals surface area contributed by atoms with Crippen molar-refractivity contribution in [2.75, 3.05) is 38.2 Å². The van der Waals surface area contributed by atoms with Gasteiger partial charge in [-0.25, -0.2) is 4.79 Å². The van der Waals surface area contributed by atoms with E-state index in [2.05, 4.69) is 23.8 Å². The highest BCUT2D eigenvalue weighted by Gasteiger charge is 2.20. The highest BCUT2D eigenvalue weighted by molar-refractivity contribution is 5.89. The minimum atomic E-state index is -0.249. The van der Waals surface area contributed by atoms with Crippen molar-refractivity contribution in [2.24, 2.45) is 0 Å². The lowest BCUT2D eigenvalue weighted by atomic mass is 10.1. The molecule has 0 spiro atoms. The molecule has 104 valence electrons. The smallest absolute Gasteiger partial charge is 0.338 e. The third kappa shape index (κ3) is 3.26. The van der Waals surface area contributed by atoms with Crippen molar-refractivity contribution in [3.63, 3.8) is 0 Å². The van der Waals surface area contributed by atoms with Gasteiger partial charge in [-0.2, -0.15) is 0 Å². The van der Waals surface area contributed by atoms with Crippen LogP contribution >= 0.6 is 0 Å². The van der Waals surface area contributed by atoms with Gasteiger partial charge in [-0.15, -0.1) is 0 Å². The number of benzene rings is 1. The van der Waals surface area contributed by atoms with Crippen molar-refractivity contribution in [2.45, 2.75) is 19.9 Å². The third-order valence-electron chi connectivity index (χ3n) is 3.70. The Bertz CT molecular complexity index is 430. The lowest BCUT2D eigenvalue weighted by Crippen LogP contribution is -2.50. The Morgan fingerprint density at radius 2 is 2.00 bits per heavy atom. The van der Waals surface area contributed by atoms with Gasteiger partial charge in [0.05, 0.1) is 12.2 Å². The zero-order valence-electron chi connectivity index (χ0n) is 11.9. The number of nitrogens with zero attached hydrogens (tertiary/aromatic N) is 2. The molecule has 0 N–H and O–H groups in total. The number of likely N-dealkylation sites (N-methyl/N-ethyl adjacent to an activating group) is 1. The Balaban J connectivity index is 2.04. The molecule has 1 atom stereocenters. The molecule has 4 nitrogen and oxygen atoms in total. The number of piperazine rings is 1. The van der Waals surface area contributed by atoms with Crippen LogP contribution in [0.1, 0.15) is 24.2 Å². The number of rotatable bonds is 3. The minimum absolute atomic E-state index is 0.249. The maximum atomic E-state index is 11.6. The molecule has 1 aromatic carbocycles.